The summed E-state index contributed by atoms with van der Waals surface area (Å²) in [6.45, 7) is 6.85. The number of benzene rings is 1. The maximum atomic E-state index is 11.8. The van der Waals surface area contributed by atoms with E-state index in [1.807, 2.05) is 31.2 Å². The molecule has 1 unspecified atom stereocenters. The molecule has 1 atom stereocenters. The molecule has 0 aliphatic carbocycles. The van der Waals surface area contributed by atoms with Gasteiger partial charge in [-0.3, -0.25) is 4.79 Å². The lowest BCUT2D eigenvalue weighted by Gasteiger charge is -2.15. The van der Waals surface area contributed by atoms with Gasteiger partial charge < -0.3 is 11.1 Å². The first-order valence-corrected chi connectivity index (χ1v) is 6.55. The van der Waals surface area contributed by atoms with Gasteiger partial charge in [0.2, 0.25) is 5.91 Å². The van der Waals surface area contributed by atoms with Gasteiger partial charge >= 0.3 is 0 Å². The van der Waals surface area contributed by atoms with Crippen molar-refractivity contribution in [2.75, 3.05) is 6.54 Å². The average Bonchev–Trinajstić information content (AvgIpc) is 2.29. The van der Waals surface area contributed by atoms with Crippen molar-refractivity contribution < 1.29 is 4.79 Å². The van der Waals surface area contributed by atoms with Crippen LogP contribution in [0, 0.1) is 12.8 Å². The van der Waals surface area contributed by atoms with E-state index >= 15 is 0 Å². The number of aryl methyl sites for hydroxylation is 1. The Balaban J connectivity index is 2.36. The number of hydrogen-bond acceptors (Lipinski definition) is 2. The quantitative estimate of drug-likeness (QED) is 0.809. The van der Waals surface area contributed by atoms with Gasteiger partial charge in [-0.05, 0) is 30.4 Å². The summed E-state index contributed by atoms with van der Waals surface area (Å²) in [6.07, 6.45) is 1.37. The molecular weight excluding hydrogens is 224 g/mol. The lowest BCUT2D eigenvalue weighted by atomic mass is 10.0. The Kier molecular flexibility index (Phi) is 5.86. The van der Waals surface area contributed by atoms with Crippen LogP contribution in [-0.4, -0.2) is 18.5 Å². The van der Waals surface area contributed by atoms with Crippen molar-refractivity contribution in [3.63, 3.8) is 0 Å². The van der Waals surface area contributed by atoms with Gasteiger partial charge in [-0.1, -0.05) is 38.1 Å². The molecule has 3 N–H and O–H groups in total. The van der Waals surface area contributed by atoms with Crippen molar-refractivity contribution in [3.8, 4) is 0 Å². The predicted octanol–water partition coefficient (Wildman–Crippen LogP) is 2.03. The Hall–Kier alpha value is -1.35. The van der Waals surface area contributed by atoms with Crippen molar-refractivity contribution in [3.05, 3.63) is 35.4 Å². The lowest BCUT2D eigenvalue weighted by Crippen LogP contribution is -2.38. The summed E-state index contributed by atoms with van der Waals surface area (Å²) in [6, 6.07) is 8.00. The molecule has 1 rings (SSSR count). The molecule has 0 aromatic heterocycles. The van der Waals surface area contributed by atoms with E-state index in [2.05, 4.69) is 19.2 Å². The molecule has 0 aliphatic heterocycles. The molecule has 18 heavy (non-hydrogen) atoms. The van der Waals surface area contributed by atoms with Crippen LogP contribution in [-0.2, 0) is 11.2 Å². The summed E-state index contributed by atoms with van der Waals surface area (Å²) in [5, 5.41) is 2.90. The van der Waals surface area contributed by atoms with Crippen LogP contribution < -0.4 is 11.1 Å². The van der Waals surface area contributed by atoms with Gasteiger partial charge in [0.15, 0.2) is 0 Å². The summed E-state index contributed by atoms with van der Waals surface area (Å²) in [5.74, 6) is 0.608. The van der Waals surface area contributed by atoms with Crippen LogP contribution in [0.5, 0.6) is 0 Å². The van der Waals surface area contributed by atoms with Gasteiger partial charge in [-0.15, -0.1) is 0 Å². The van der Waals surface area contributed by atoms with Crippen molar-refractivity contribution in [1.29, 1.82) is 0 Å². The summed E-state index contributed by atoms with van der Waals surface area (Å²) in [5.41, 5.74) is 8.16. The summed E-state index contributed by atoms with van der Waals surface area (Å²) in [4.78, 5) is 11.8. The molecule has 1 aromatic carbocycles. The molecule has 0 aliphatic rings. The molecule has 1 aromatic rings. The SMILES string of the molecule is Cc1ccccc1CC(=O)NCC(N)CC(C)C. The number of nitrogens with one attached hydrogen (secondary N) is 1. The molecule has 0 heterocycles. The number of carbonyl (C=O) groups is 1. The molecule has 0 fully saturated rings. The Labute approximate surface area is 110 Å². The first-order chi connectivity index (χ1) is 8.49. The fourth-order valence-electron chi connectivity index (χ4n) is 1.98. The highest BCUT2D eigenvalue weighted by Crippen LogP contribution is 2.07. The van der Waals surface area contributed by atoms with Crippen LogP contribution in [0.15, 0.2) is 24.3 Å². The van der Waals surface area contributed by atoms with Crippen molar-refractivity contribution in [2.45, 2.75) is 39.7 Å². The zero-order valence-corrected chi connectivity index (χ0v) is 11.6. The van der Waals surface area contributed by atoms with E-state index in [4.69, 9.17) is 5.73 Å². The third-order valence-corrected chi connectivity index (χ3v) is 2.95. The molecule has 0 radical (unpaired) electrons. The van der Waals surface area contributed by atoms with Crippen LogP contribution in [0.1, 0.15) is 31.4 Å². The normalized spacial score (nSPS) is 12.5. The Morgan fingerprint density at radius 3 is 2.61 bits per heavy atom. The number of amides is 1. The lowest BCUT2D eigenvalue weighted by molar-refractivity contribution is -0.120. The van der Waals surface area contributed by atoms with E-state index in [-0.39, 0.29) is 11.9 Å². The first-order valence-electron chi connectivity index (χ1n) is 6.55. The fourth-order valence-corrected chi connectivity index (χ4v) is 1.98. The highest BCUT2D eigenvalue weighted by atomic mass is 16.1. The van der Waals surface area contributed by atoms with E-state index < -0.39 is 0 Å². The van der Waals surface area contributed by atoms with Crippen molar-refractivity contribution in [2.24, 2.45) is 11.7 Å². The van der Waals surface area contributed by atoms with Crippen LogP contribution in [0.4, 0.5) is 0 Å². The minimum absolute atomic E-state index is 0.0449. The maximum Gasteiger partial charge on any atom is 0.224 e. The minimum atomic E-state index is 0.0449. The zero-order chi connectivity index (χ0) is 13.5. The number of rotatable bonds is 6. The predicted molar refractivity (Wildman–Crippen MR) is 75.3 cm³/mol. The summed E-state index contributed by atoms with van der Waals surface area (Å²) >= 11 is 0. The van der Waals surface area contributed by atoms with Gasteiger partial charge in [0.05, 0.1) is 6.42 Å². The monoisotopic (exact) mass is 248 g/mol. The van der Waals surface area contributed by atoms with Crippen molar-refractivity contribution in [1.82, 2.24) is 5.32 Å². The Morgan fingerprint density at radius 2 is 2.00 bits per heavy atom. The van der Waals surface area contributed by atoms with Crippen LogP contribution >= 0.6 is 0 Å². The summed E-state index contributed by atoms with van der Waals surface area (Å²) in [7, 11) is 0. The molecular formula is C15H24N2O. The van der Waals surface area contributed by atoms with Crippen LogP contribution in [0.2, 0.25) is 0 Å². The van der Waals surface area contributed by atoms with Gasteiger partial charge in [-0.2, -0.15) is 0 Å². The Bertz CT molecular complexity index is 388. The maximum absolute atomic E-state index is 11.8. The largest absolute Gasteiger partial charge is 0.354 e. The van der Waals surface area contributed by atoms with E-state index in [9.17, 15) is 4.79 Å². The summed E-state index contributed by atoms with van der Waals surface area (Å²) < 4.78 is 0. The molecule has 0 spiro atoms. The Morgan fingerprint density at radius 1 is 1.33 bits per heavy atom. The number of hydrogen-bond donors (Lipinski definition) is 2. The smallest absolute Gasteiger partial charge is 0.224 e. The second kappa shape index (κ2) is 7.17. The third kappa shape index (κ3) is 5.32. The van der Waals surface area contributed by atoms with Gasteiger partial charge in [0.25, 0.3) is 0 Å². The van der Waals surface area contributed by atoms with Gasteiger partial charge in [0.1, 0.15) is 0 Å². The van der Waals surface area contributed by atoms with E-state index in [0.29, 0.717) is 18.9 Å². The highest BCUT2D eigenvalue weighted by Gasteiger charge is 2.09. The highest BCUT2D eigenvalue weighted by molar-refractivity contribution is 5.78. The van der Waals surface area contributed by atoms with E-state index in [0.717, 1.165) is 17.5 Å². The molecule has 0 saturated carbocycles. The van der Waals surface area contributed by atoms with Crippen LogP contribution in [0.25, 0.3) is 0 Å². The molecule has 3 nitrogen and oxygen atoms in total. The van der Waals surface area contributed by atoms with Gasteiger partial charge in [0, 0.05) is 12.6 Å². The van der Waals surface area contributed by atoms with E-state index in [1.54, 1.807) is 0 Å². The van der Waals surface area contributed by atoms with Gasteiger partial charge in [-0.25, -0.2) is 0 Å². The van der Waals surface area contributed by atoms with E-state index in [1.165, 1.54) is 0 Å². The fraction of sp³-hybridized carbons (Fsp3) is 0.533. The molecule has 100 valence electrons. The number of nitrogens with two attached hydrogens (primary N) is 1. The topological polar surface area (TPSA) is 55.1 Å². The van der Waals surface area contributed by atoms with Crippen molar-refractivity contribution >= 4 is 5.91 Å². The van der Waals surface area contributed by atoms with Crippen LogP contribution in [0.3, 0.4) is 0 Å². The molecule has 1 amide bonds. The first kappa shape index (κ1) is 14.7. The second-order valence-electron chi connectivity index (χ2n) is 5.30. The molecule has 0 bridgehead atoms. The standard InChI is InChI=1S/C15H24N2O/c1-11(2)8-14(16)10-17-15(18)9-13-7-5-4-6-12(13)3/h4-7,11,14H,8-10,16H2,1-3H3,(H,17,18). The third-order valence-electron chi connectivity index (χ3n) is 2.95. The molecule has 0 saturated heterocycles. The molecule has 3 heteroatoms. The second-order valence-corrected chi connectivity index (χ2v) is 5.30. The average molecular weight is 248 g/mol. The number of carbonyl (C=O) groups excluding carboxylic acids is 1. The minimum Gasteiger partial charge on any atom is -0.354 e. The zero-order valence-electron chi connectivity index (χ0n) is 11.6.